The summed E-state index contributed by atoms with van der Waals surface area (Å²) in [7, 11) is -4.44. The number of amides is 1. The average Bonchev–Trinajstić information content (AvgIpc) is 2.37. The highest BCUT2D eigenvalue weighted by molar-refractivity contribution is 9.10. The van der Waals surface area contributed by atoms with Gasteiger partial charge in [0, 0.05) is 11.0 Å². The maximum absolute atomic E-state index is 13.8. The standard InChI is InChI=1S/C11H10BrFN2O5S/c12-6-1-2-9(7(13)3-6)21(19,20)15-5-10(16)14-4-8(15)11(17)18/h1-3,8H,4-5H2,(H,14,16)(H,17,18). The number of sulfonamides is 1. The van der Waals surface area contributed by atoms with Crippen molar-refractivity contribution in [2.75, 3.05) is 13.1 Å². The second-order valence-corrected chi connectivity index (χ2v) is 7.06. The number of carboxylic acid groups (broad SMARTS) is 1. The van der Waals surface area contributed by atoms with E-state index in [1.165, 1.54) is 6.07 Å². The first kappa shape index (κ1) is 15.9. The lowest BCUT2D eigenvalue weighted by Crippen LogP contribution is -2.59. The van der Waals surface area contributed by atoms with Crippen LogP contribution in [0, 0.1) is 5.82 Å². The lowest BCUT2D eigenvalue weighted by molar-refractivity contribution is -0.143. The van der Waals surface area contributed by atoms with Gasteiger partial charge in [0.25, 0.3) is 0 Å². The molecule has 1 amide bonds. The van der Waals surface area contributed by atoms with Crippen LogP contribution in [0.25, 0.3) is 0 Å². The second-order valence-electron chi connectivity index (χ2n) is 4.28. The van der Waals surface area contributed by atoms with E-state index in [1.54, 1.807) is 0 Å². The maximum atomic E-state index is 13.8. The van der Waals surface area contributed by atoms with Crippen LogP contribution >= 0.6 is 15.9 Å². The number of carboxylic acids is 1. The Labute approximate surface area is 127 Å². The van der Waals surface area contributed by atoms with E-state index in [1.807, 2.05) is 0 Å². The van der Waals surface area contributed by atoms with Gasteiger partial charge < -0.3 is 10.4 Å². The Bertz CT molecular complexity index is 709. The Morgan fingerprint density at radius 3 is 2.71 bits per heavy atom. The zero-order chi connectivity index (χ0) is 15.8. The van der Waals surface area contributed by atoms with Gasteiger partial charge in [-0.3, -0.25) is 9.59 Å². The summed E-state index contributed by atoms with van der Waals surface area (Å²) >= 11 is 3.00. The van der Waals surface area contributed by atoms with Crippen LogP contribution in [0.3, 0.4) is 0 Å². The number of aliphatic carboxylic acids is 1. The normalized spacial score (nSPS) is 20.1. The third-order valence-electron chi connectivity index (χ3n) is 2.91. The van der Waals surface area contributed by atoms with Gasteiger partial charge in [0.2, 0.25) is 15.9 Å². The Balaban J connectivity index is 2.49. The Hall–Kier alpha value is -1.52. The van der Waals surface area contributed by atoms with Crippen molar-refractivity contribution in [3.8, 4) is 0 Å². The zero-order valence-electron chi connectivity index (χ0n) is 10.4. The minimum absolute atomic E-state index is 0.338. The highest BCUT2D eigenvalue weighted by atomic mass is 79.9. The van der Waals surface area contributed by atoms with E-state index in [4.69, 9.17) is 5.11 Å². The molecule has 21 heavy (non-hydrogen) atoms. The summed E-state index contributed by atoms with van der Waals surface area (Å²) in [5.74, 6) is -3.09. The molecule has 1 atom stereocenters. The molecule has 114 valence electrons. The van der Waals surface area contributed by atoms with Crippen molar-refractivity contribution >= 4 is 37.8 Å². The molecule has 0 aliphatic carbocycles. The number of hydrogen-bond donors (Lipinski definition) is 2. The van der Waals surface area contributed by atoms with Gasteiger partial charge in [-0.2, -0.15) is 4.31 Å². The third kappa shape index (κ3) is 3.06. The third-order valence-corrected chi connectivity index (χ3v) is 5.29. The van der Waals surface area contributed by atoms with E-state index in [-0.39, 0.29) is 6.54 Å². The highest BCUT2D eigenvalue weighted by Crippen LogP contribution is 2.24. The van der Waals surface area contributed by atoms with Crippen molar-refractivity contribution in [1.29, 1.82) is 0 Å². The lowest BCUT2D eigenvalue weighted by atomic mass is 10.2. The Morgan fingerprint density at radius 2 is 2.14 bits per heavy atom. The van der Waals surface area contributed by atoms with Crippen molar-refractivity contribution < 1.29 is 27.5 Å². The SMILES string of the molecule is O=C1CN(S(=O)(=O)c2ccc(Br)cc2F)C(C(=O)O)CN1. The number of nitrogens with one attached hydrogen (secondary N) is 1. The molecule has 0 radical (unpaired) electrons. The predicted molar refractivity (Wildman–Crippen MR) is 72.4 cm³/mol. The minimum Gasteiger partial charge on any atom is -0.480 e. The lowest BCUT2D eigenvalue weighted by Gasteiger charge is -2.31. The summed E-state index contributed by atoms with van der Waals surface area (Å²) in [6.45, 7) is -1.04. The molecule has 0 bridgehead atoms. The molecule has 1 aromatic carbocycles. The highest BCUT2D eigenvalue weighted by Gasteiger charge is 2.41. The molecule has 0 aromatic heterocycles. The van der Waals surface area contributed by atoms with Crippen LogP contribution in [0.4, 0.5) is 4.39 Å². The fourth-order valence-electron chi connectivity index (χ4n) is 1.89. The van der Waals surface area contributed by atoms with Crippen LogP contribution < -0.4 is 5.32 Å². The number of piperazine rings is 1. The topological polar surface area (TPSA) is 104 Å². The smallest absolute Gasteiger partial charge is 0.323 e. The van der Waals surface area contributed by atoms with Gasteiger partial charge in [-0.05, 0) is 18.2 Å². The number of nitrogens with zero attached hydrogens (tertiary/aromatic N) is 1. The summed E-state index contributed by atoms with van der Waals surface area (Å²) in [6.07, 6.45) is 0. The summed E-state index contributed by atoms with van der Waals surface area (Å²) in [4.78, 5) is 21.8. The molecule has 0 spiro atoms. The molecule has 10 heteroatoms. The van der Waals surface area contributed by atoms with E-state index < -0.39 is 45.2 Å². The first-order valence-electron chi connectivity index (χ1n) is 5.70. The number of carbonyl (C=O) groups excluding carboxylic acids is 1. The first-order chi connectivity index (χ1) is 9.73. The molecule has 7 nitrogen and oxygen atoms in total. The number of rotatable bonds is 3. The maximum Gasteiger partial charge on any atom is 0.323 e. The second kappa shape index (κ2) is 5.70. The van der Waals surface area contributed by atoms with Crippen molar-refractivity contribution in [2.24, 2.45) is 0 Å². The Morgan fingerprint density at radius 1 is 1.48 bits per heavy atom. The van der Waals surface area contributed by atoms with Crippen LogP contribution in [0.2, 0.25) is 0 Å². The summed E-state index contributed by atoms with van der Waals surface area (Å²) in [5, 5.41) is 11.3. The van der Waals surface area contributed by atoms with E-state index in [0.29, 0.717) is 8.78 Å². The molecule has 1 aliphatic heterocycles. The number of carbonyl (C=O) groups is 2. The van der Waals surface area contributed by atoms with Gasteiger partial charge in [-0.15, -0.1) is 0 Å². The van der Waals surface area contributed by atoms with Crippen molar-refractivity contribution in [1.82, 2.24) is 9.62 Å². The van der Waals surface area contributed by atoms with Gasteiger partial charge in [-0.25, -0.2) is 12.8 Å². The average molecular weight is 381 g/mol. The number of benzene rings is 1. The predicted octanol–water partition coefficient (Wildman–Crippen LogP) is 0.162. The van der Waals surface area contributed by atoms with Crippen LogP contribution in [0.5, 0.6) is 0 Å². The van der Waals surface area contributed by atoms with Crippen LogP contribution in [0.15, 0.2) is 27.6 Å². The van der Waals surface area contributed by atoms with Crippen LogP contribution in [0.1, 0.15) is 0 Å². The molecule has 2 N–H and O–H groups in total. The van der Waals surface area contributed by atoms with Crippen LogP contribution in [-0.4, -0.2) is 48.8 Å². The van der Waals surface area contributed by atoms with Crippen molar-refractivity contribution in [3.05, 3.63) is 28.5 Å². The molecule has 1 saturated heterocycles. The van der Waals surface area contributed by atoms with E-state index in [2.05, 4.69) is 21.2 Å². The van der Waals surface area contributed by atoms with Crippen molar-refractivity contribution in [3.63, 3.8) is 0 Å². The van der Waals surface area contributed by atoms with Crippen LogP contribution in [-0.2, 0) is 19.6 Å². The molecular weight excluding hydrogens is 371 g/mol. The van der Waals surface area contributed by atoms with Gasteiger partial charge in [0.15, 0.2) is 0 Å². The monoisotopic (exact) mass is 380 g/mol. The summed E-state index contributed by atoms with van der Waals surface area (Å²) in [6, 6.07) is 1.80. The number of hydrogen-bond acceptors (Lipinski definition) is 4. The summed E-state index contributed by atoms with van der Waals surface area (Å²) in [5.41, 5.74) is 0. The fourth-order valence-corrected chi connectivity index (χ4v) is 3.81. The molecule has 0 saturated carbocycles. The first-order valence-corrected chi connectivity index (χ1v) is 7.93. The Kier molecular flexibility index (Phi) is 4.30. The van der Waals surface area contributed by atoms with Gasteiger partial charge in [0.1, 0.15) is 16.8 Å². The molecule has 1 aliphatic rings. The molecule has 1 fully saturated rings. The van der Waals surface area contributed by atoms with Gasteiger partial charge in [0.05, 0.1) is 6.54 Å². The quantitative estimate of drug-likeness (QED) is 0.777. The van der Waals surface area contributed by atoms with Gasteiger partial charge >= 0.3 is 5.97 Å². The molecule has 1 unspecified atom stereocenters. The molecule has 2 rings (SSSR count). The van der Waals surface area contributed by atoms with Crippen molar-refractivity contribution in [2.45, 2.75) is 10.9 Å². The largest absolute Gasteiger partial charge is 0.480 e. The zero-order valence-corrected chi connectivity index (χ0v) is 12.8. The van der Waals surface area contributed by atoms with E-state index in [9.17, 15) is 22.4 Å². The fraction of sp³-hybridized carbons (Fsp3) is 0.273. The molecular formula is C11H10BrFN2O5S. The molecule has 1 aromatic rings. The number of halogens is 2. The van der Waals surface area contributed by atoms with Gasteiger partial charge in [-0.1, -0.05) is 15.9 Å². The van der Waals surface area contributed by atoms with E-state index in [0.717, 1.165) is 12.1 Å². The minimum atomic E-state index is -4.44. The van der Waals surface area contributed by atoms with E-state index >= 15 is 0 Å². The molecule has 1 heterocycles. The summed E-state index contributed by atoms with van der Waals surface area (Å²) < 4.78 is 39.5.